The van der Waals surface area contributed by atoms with E-state index in [-0.39, 0.29) is 5.69 Å². The molecule has 39 heavy (non-hydrogen) atoms. The molecule has 5 rings (SSSR count). The van der Waals surface area contributed by atoms with Crippen LogP contribution in [0.15, 0.2) is 66.9 Å². The standard InChI is InChI=1S/C27H22F3N7O2/c28-27(29,30)22-13-19(2-1-17(22)15-31)35-26(38)34-18-3-5-20(6-4-18)39-21-7-8-23-24(14-21)36-25(16-33-23)37-11-9-32-10-12-37/h1-8,13-14,16,32H,9-12H2,(H2,34,35,38). The van der Waals surface area contributed by atoms with Gasteiger partial charge in [-0.1, -0.05) is 0 Å². The highest BCUT2D eigenvalue weighted by Gasteiger charge is 2.34. The number of carbonyl (C=O) groups excluding carboxylic acids is 1. The van der Waals surface area contributed by atoms with Crippen LogP contribution in [0.2, 0.25) is 0 Å². The van der Waals surface area contributed by atoms with Crippen molar-refractivity contribution in [3.63, 3.8) is 0 Å². The summed E-state index contributed by atoms with van der Waals surface area (Å²) in [5.74, 6) is 1.88. The lowest BCUT2D eigenvalue weighted by Gasteiger charge is -2.28. The molecule has 2 amide bonds. The minimum absolute atomic E-state index is 0.0988. The molecule has 0 spiro atoms. The van der Waals surface area contributed by atoms with Crippen molar-refractivity contribution >= 4 is 34.3 Å². The average molecular weight is 534 g/mol. The number of anilines is 3. The third kappa shape index (κ3) is 6.16. The van der Waals surface area contributed by atoms with E-state index in [0.29, 0.717) is 22.7 Å². The molecule has 0 radical (unpaired) electrons. The van der Waals surface area contributed by atoms with Crippen molar-refractivity contribution in [3.8, 4) is 17.6 Å². The monoisotopic (exact) mass is 533 g/mol. The molecule has 1 aliphatic rings. The lowest BCUT2D eigenvalue weighted by molar-refractivity contribution is -0.137. The number of fused-ring (bicyclic) bond motifs is 1. The van der Waals surface area contributed by atoms with Crippen molar-refractivity contribution in [3.05, 3.63) is 78.0 Å². The minimum atomic E-state index is -4.72. The number of alkyl halides is 3. The fraction of sp³-hybridized carbons (Fsp3) is 0.185. The Kier molecular flexibility index (Phi) is 7.16. The van der Waals surface area contributed by atoms with E-state index in [9.17, 15) is 18.0 Å². The molecule has 3 aromatic carbocycles. The molecule has 4 aromatic rings. The van der Waals surface area contributed by atoms with Crippen LogP contribution >= 0.6 is 0 Å². The number of piperazine rings is 1. The Morgan fingerprint density at radius 1 is 0.949 bits per heavy atom. The molecule has 198 valence electrons. The second kappa shape index (κ2) is 10.8. The number of ether oxygens (including phenoxy) is 1. The molecule has 3 N–H and O–H groups in total. The molecule has 12 heteroatoms. The van der Waals surface area contributed by atoms with Crippen LogP contribution in [0.3, 0.4) is 0 Å². The summed E-state index contributed by atoms with van der Waals surface area (Å²) in [5, 5.41) is 17.1. The number of aromatic nitrogens is 2. The lowest BCUT2D eigenvalue weighted by Crippen LogP contribution is -2.43. The zero-order valence-electron chi connectivity index (χ0n) is 20.4. The number of rotatable bonds is 5. The van der Waals surface area contributed by atoms with Gasteiger partial charge in [0.15, 0.2) is 0 Å². The quantitative estimate of drug-likeness (QED) is 0.316. The van der Waals surface area contributed by atoms with E-state index >= 15 is 0 Å². The van der Waals surface area contributed by atoms with Crippen LogP contribution in [-0.4, -0.2) is 42.2 Å². The number of hydrogen-bond donors (Lipinski definition) is 3. The third-order valence-electron chi connectivity index (χ3n) is 5.99. The van der Waals surface area contributed by atoms with Crippen molar-refractivity contribution in [2.75, 3.05) is 41.7 Å². The number of halogens is 3. The fourth-order valence-electron chi connectivity index (χ4n) is 4.08. The van der Waals surface area contributed by atoms with Crippen LogP contribution in [0.25, 0.3) is 11.0 Å². The molecule has 0 bridgehead atoms. The van der Waals surface area contributed by atoms with E-state index < -0.39 is 23.3 Å². The number of hydrogen-bond acceptors (Lipinski definition) is 7. The number of benzene rings is 3. The summed E-state index contributed by atoms with van der Waals surface area (Å²) in [6.07, 6.45) is -2.95. The number of amides is 2. The molecular formula is C27H22F3N7O2. The Hall–Kier alpha value is -4.89. The lowest BCUT2D eigenvalue weighted by atomic mass is 10.1. The van der Waals surface area contributed by atoms with Gasteiger partial charge in [-0.3, -0.25) is 4.98 Å². The molecule has 0 atom stereocenters. The Labute approximate surface area is 221 Å². The van der Waals surface area contributed by atoms with E-state index in [1.165, 1.54) is 12.1 Å². The Balaban J connectivity index is 1.23. The average Bonchev–Trinajstić information content (AvgIpc) is 2.93. The fourth-order valence-corrected chi connectivity index (χ4v) is 4.08. The summed E-state index contributed by atoms with van der Waals surface area (Å²) in [6, 6.07) is 15.6. The summed E-state index contributed by atoms with van der Waals surface area (Å²) < 4.78 is 45.4. The molecule has 0 saturated carbocycles. The maximum absolute atomic E-state index is 13.2. The van der Waals surface area contributed by atoms with Gasteiger partial charge in [-0.15, -0.1) is 0 Å². The maximum Gasteiger partial charge on any atom is 0.417 e. The predicted octanol–water partition coefficient (Wildman–Crippen LogP) is 5.37. The SMILES string of the molecule is N#Cc1ccc(NC(=O)Nc2ccc(Oc3ccc4ncc(N5CCNCC5)nc4c3)cc2)cc1C(F)(F)F. The van der Waals surface area contributed by atoms with E-state index in [2.05, 4.69) is 25.8 Å². The first-order valence-electron chi connectivity index (χ1n) is 12.0. The van der Waals surface area contributed by atoms with E-state index in [4.69, 9.17) is 15.0 Å². The smallest absolute Gasteiger partial charge is 0.417 e. The molecule has 0 unspecified atom stereocenters. The van der Waals surface area contributed by atoms with Gasteiger partial charge in [0.2, 0.25) is 0 Å². The van der Waals surface area contributed by atoms with E-state index in [1.807, 2.05) is 6.07 Å². The van der Waals surface area contributed by atoms with Crippen LogP contribution in [0, 0.1) is 11.3 Å². The molecular weight excluding hydrogens is 511 g/mol. The third-order valence-corrected chi connectivity index (χ3v) is 5.99. The Bertz CT molecular complexity index is 1550. The minimum Gasteiger partial charge on any atom is -0.457 e. The van der Waals surface area contributed by atoms with Crippen LogP contribution in [-0.2, 0) is 6.18 Å². The van der Waals surface area contributed by atoms with Gasteiger partial charge in [-0.05, 0) is 54.6 Å². The Morgan fingerprint density at radius 3 is 2.36 bits per heavy atom. The number of nitrogens with zero attached hydrogens (tertiary/aromatic N) is 4. The van der Waals surface area contributed by atoms with Crippen molar-refractivity contribution < 1.29 is 22.7 Å². The van der Waals surface area contributed by atoms with Crippen LogP contribution in [0.1, 0.15) is 11.1 Å². The number of nitrogens with one attached hydrogen (secondary N) is 3. The highest BCUT2D eigenvalue weighted by Crippen LogP contribution is 2.33. The molecule has 9 nitrogen and oxygen atoms in total. The molecule has 0 aliphatic carbocycles. The maximum atomic E-state index is 13.2. The summed E-state index contributed by atoms with van der Waals surface area (Å²) in [4.78, 5) is 23.7. The molecule has 2 heterocycles. The molecule has 1 aromatic heterocycles. The van der Waals surface area contributed by atoms with Gasteiger partial charge in [0.25, 0.3) is 0 Å². The van der Waals surface area contributed by atoms with Crippen LogP contribution in [0.4, 0.5) is 35.2 Å². The normalized spacial score (nSPS) is 13.5. The molecule has 1 aliphatic heterocycles. The van der Waals surface area contributed by atoms with Gasteiger partial charge in [-0.25, -0.2) is 9.78 Å². The first-order chi connectivity index (χ1) is 18.8. The summed E-state index contributed by atoms with van der Waals surface area (Å²) in [5.41, 5.74) is 0.103. The van der Waals surface area contributed by atoms with Crippen molar-refractivity contribution in [2.24, 2.45) is 0 Å². The number of urea groups is 1. The predicted molar refractivity (Wildman–Crippen MR) is 140 cm³/mol. The van der Waals surface area contributed by atoms with Crippen molar-refractivity contribution in [1.82, 2.24) is 15.3 Å². The highest BCUT2D eigenvalue weighted by atomic mass is 19.4. The van der Waals surface area contributed by atoms with Gasteiger partial charge in [0.05, 0.1) is 34.4 Å². The van der Waals surface area contributed by atoms with Crippen molar-refractivity contribution in [1.29, 1.82) is 5.26 Å². The summed E-state index contributed by atoms with van der Waals surface area (Å²) >= 11 is 0. The van der Waals surface area contributed by atoms with Gasteiger partial charge in [0.1, 0.15) is 17.3 Å². The zero-order chi connectivity index (χ0) is 27.4. The topological polar surface area (TPSA) is 115 Å². The number of nitriles is 1. The van der Waals surface area contributed by atoms with Gasteiger partial charge in [0, 0.05) is 43.6 Å². The molecule has 1 fully saturated rings. The second-order valence-corrected chi connectivity index (χ2v) is 8.69. The van der Waals surface area contributed by atoms with Crippen LogP contribution < -0.4 is 25.6 Å². The van der Waals surface area contributed by atoms with Crippen molar-refractivity contribution in [2.45, 2.75) is 6.18 Å². The van der Waals surface area contributed by atoms with Gasteiger partial charge >= 0.3 is 12.2 Å². The zero-order valence-corrected chi connectivity index (χ0v) is 20.4. The Morgan fingerprint density at radius 2 is 1.64 bits per heavy atom. The first kappa shape index (κ1) is 25.7. The molecule has 1 saturated heterocycles. The van der Waals surface area contributed by atoms with Gasteiger partial charge < -0.3 is 25.6 Å². The van der Waals surface area contributed by atoms with E-state index in [1.54, 1.807) is 42.6 Å². The highest BCUT2D eigenvalue weighted by molar-refractivity contribution is 5.99. The summed E-state index contributed by atoms with van der Waals surface area (Å²) in [6.45, 7) is 3.50. The summed E-state index contributed by atoms with van der Waals surface area (Å²) in [7, 11) is 0. The van der Waals surface area contributed by atoms with E-state index in [0.717, 1.165) is 49.6 Å². The largest absolute Gasteiger partial charge is 0.457 e. The van der Waals surface area contributed by atoms with Gasteiger partial charge in [-0.2, -0.15) is 18.4 Å². The number of carbonyl (C=O) groups is 1. The first-order valence-corrected chi connectivity index (χ1v) is 12.0. The second-order valence-electron chi connectivity index (χ2n) is 8.69. The van der Waals surface area contributed by atoms with Crippen LogP contribution in [0.5, 0.6) is 11.5 Å².